The molecule has 8 heteroatoms. The van der Waals surface area contributed by atoms with E-state index in [0.717, 1.165) is 34.3 Å². The number of pyridine rings is 2. The Bertz CT molecular complexity index is 1300. The fraction of sp³-hybridized carbons (Fsp3) is 0.385. The Hall–Kier alpha value is -3.52. The predicted octanol–water partition coefficient (Wildman–Crippen LogP) is 5.34. The van der Waals surface area contributed by atoms with Crippen LogP contribution in [0.5, 0.6) is 17.6 Å². The van der Waals surface area contributed by atoms with Crippen LogP contribution in [0.1, 0.15) is 50.4 Å². The molecule has 0 aliphatic heterocycles. The van der Waals surface area contributed by atoms with Gasteiger partial charge in [-0.05, 0) is 37.5 Å². The minimum atomic E-state index is -0.0631. The van der Waals surface area contributed by atoms with E-state index in [1.807, 2.05) is 31.3 Å². The molecular weight excluding hydrogens is 432 g/mol. The molecule has 4 rings (SSSR count). The minimum absolute atomic E-state index is 0.0631. The van der Waals surface area contributed by atoms with Gasteiger partial charge >= 0.3 is 0 Å². The molecule has 4 aromatic heterocycles. The van der Waals surface area contributed by atoms with Crippen molar-refractivity contribution in [3.8, 4) is 34.6 Å². The molecule has 0 spiro atoms. The molecule has 0 amide bonds. The molecule has 0 aromatic carbocycles. The van der Waals surface area contributed by atoms with Crippen molar-refractivity contribution < 1.29 is 19.7 Å². The lowest BCUT2D eigenvalue weighted by molar-refractivity contribution is 0.155. The number of aromatic hydroxyl groups is 2. The normalized spacial score (nSPS) is 12.6. The molecule has 4 heterocycles. The van der Waals surface area contributed by atoms with Gasteiger partial charge in [-0.2, -0.15) is 0 Å². The van der Waals surface area contributed by atoms with Crippen molar-refractivity contribution in [2.75, 3.05) is 20.8 Å². The Morgan fingerprint density at radius 3 is 2.29 bits per heavy atom. The summed E-state index contributed by atoms with van der Waals surface area (Å²) >= 11 is 0. The van der Waals surface area contributed by atoms with Gasteiger partial charge in [-0.15, -0.1) is 0 Å². The maximum atomic E-state index is 10.7. The van der Waals surface area contributed by atoms with Crippen molar-refractivity contribution >= 4 is 11.0 Å². The lowest BCUT2D eigenvalue weighted by Gasteiger charge is -2.22. The van der Waals surface area contributed by atoms with Crippen LogP contribution in [0.4, 0.5) is 0 Å². The zero-order chi connectivity index (χ0) is 24.6. The van der Waals surface area contributed by atoms with Crippen molar-refractivity contribution in [3.05, 3.63) is 47.8 Å². The molecule has 0 bridgehead atoms. The van der Waals surface area contributed by atoms with Gasteiger partial charge in [-0.1, -0.05) is 20.8 Å². The Kier molecular flexibility index (Phi) is 6.52. The highest BCUT2D eigenvalue weighted by atomic mass is 16.5. The quantitative estimate of drug-likeness (QED) is 0.366. The Morgan fingerprint density at radius 2 is 1.71 bits per heavy atom. The monoisotopic (exact) mass is 464 g/mol. The van der Waals surface area contributed by atoms with Gasteiger partial charge in [-0.3, -0.25) is 0 Å². The molecular formula is C26H32N4O4. The van der Waals surface area contributed by atoms with Gasteiger partial charge in [0, 0.05) is 36.7 Å². The first-order valence-electron chi connectivity index (χ1n) is 11.5. The number of aromatic nitrogens is 4. The zero-order valence-electron chi connectivity index (χ0n) is 20.5. The molecule has 0 saturated heterocycles. The molecule has 2 N–H and O–H groups in total. The van der Waals surface area contributed by atoms with Crippen molar-refractivity contribution in [2.24, 2.45) is 0 Å². The van der Waals surface area contributed by atoms with Crippen molar-refractivity contribution in [1.29, 1.82) is 0 Å². The molecule has 180 valence electrons. The zero-order valence-corrected chi connectivity index (χ0v) is 20.5. The number of nitrogens with zero attached hydrogens (tertiary/aromatic N) is 4. The van der Waals surface area contributed by atoms with Crippen LogP contribution in [-0.4, -0.2) is 50.1 Å². The van der Waals surface area contributed by atoms with Crippen LogP contribution in [0.3, 0.4) is 0 Å². The molecule has 1 atom stereocenters. The summed E-state index contributed by atoms with van der Waals surface area (Å²) in [6, 6.07) is 8.91. The third kappa shape index (κ3) is 3.88. The molecule has 0 aliphatic carbocycles. The lowest BCUT2D eigenvalue weighted by Crippen LogP contribution is -2.14. The largest absolute Gasteiger partial charge is 0.494 e. The standard InChI is InChI=1S/C26H32N4O4/c1-7-17(14-33-5)29-13-12-20-25(29)24(30-21(31)10-11-22(30)32)16(4)23(27-20)18-8-9-19(15(2)3)28-26(18)34-6/h8-13,15,17,31-32H,7,14H2,1-6H3/t17-/m1/s1. The maximum absolute atomic E-state index is 10.7. The van der Waals surface area contributed by atoms with Gasteiger partial charge in [0.1, 0.15) is 0 Å². The van der Waals surface area contributed by atoms with Crippen LogP contribution < -0.4 is 4.74 Å². The highest BCUT2D eigenvalue weighted by Gasteiger charge is 2.25. The molecule has 8 nitrogen and oxygen atoms in total. The van der Waals surface area contributed by atoms with E-state index in [1.54, 1.807) is 14.2 Å². The number of rotatable bonds is 8. The van der Waals surface area contributed by atoms with Crippen molar-refractivity contribution in [2.45, 2.75) is 46.1 Å². The summed E-state index contributed by atoms with van der Waals surface area (Å²) in [6.07, 6.45) is 2.82. The second-order valence-corrected chi connectivity index (χ2v) is 8.74. The van der Waals surface area contributed by atoms with Crippen LogP contribution in [0.2, 0.25) is 0 Å². The fourth-order valence-electron chi connectivity index (χ4n) is 4.45. The van der Waals surface area contributed by atoms with E-state index in [-0.39, 0.29) is 23.7 Å². The summed E-state index contributed by atoms with van der Waals surface area (Å²) in [5.74, 6) is 0.613. The summed E-state index contributed by atoms with van der Waals surface area (Å²) in [6.45, 7) is 8.72. The predicted molar refractivity (Wildman–Crippen MR) is 132 cm³/mol. The Balaban J connectivity index is 2.07. The molecule has 0 radical (unpaired) electrons. The van der Waals surface area contributed by atoms with Crippen LogP contribution >= 0.6 is 0 Å². The maximum Gasteiger partial charge on any atom is 0.222 e. The third-order valence-corrected chi connectivity index (χ3v) is 6.27. The van der Waals surface area contributed by atoms with Crippen LogP contribution in [0.25, 0.3) is 28.0 Å². The van der Waals surface area contributed by atoms with Crippen LogP contribution in [0, 0.1) is 6.92 Å². The lowest BCUT2D eigenvalue weighted by atomic mass is 10.0. The molecule has 34 heavy (non-hydrogen) atoms. The van der Waals surface area contributed by atoms with E-state index < -0.39 is 0 Å². The van der Waals surface area contributed by atoms with E-state index in [9.17, 15) is 10.2 Å². The van der Waals surface area contributed by atoms with Gasteiger partial charge in [0.05, 0.1) is 47.7 Å². The van der Waals surface area contributed by atoms with E-state index >= 15 is 0 Å². The smallest absolute Gasteiger partial charge is 0.222 e. The summed E-state index contributed by atoms with van der Waals surface area (Å²) < 4.78 is 14.7. The minimum Gasteiger partial charge on any atom is -0.494 e. The van der Waals surface area contributed by atoms with Crippen molar-refractivity contribution in [3.63, 3.8) is 0 Å². The first-order valence-corrected chi connectivity index (χ1v) is 11.5. The van der Waals surface area contributed by atoms with Crippen LogP contribution in [-0.2, 0) is 4.74 Å². The number of hydrogen-bond acceptors (Lipinski definition) is 6. The third-order valence-electron chi connectivity index (χ3n) is 6.27. The average Bonchev–Trinajstić information content (AvgIpc) is 3.39. The van der Waals surface area contributed by atoms with E-state index in [1.165, 1.54) is 16.7 Å². The summed E-state index contributed by atoms with van der Waals surface area (Å²) in [5, 5.41) is 21.3. The van der Waals surface area contributed by atoms with Gasteiger partial charge in [0.25, 0.3) is 0 Å². The molecule has 0 unspecified atom stereocenters. The van der Waals surface area contributed by atoms with E-state index in [0.29, 0.717) is 23.9 Å². The first-order chi connectivity index (χ1) is 16.3. The first kappa shape index (κ1) is 23.6. The topological polar surface area (TPSA) is 94.6 Å². The number of ether oxygens (including phenoxy) is 2. The molecule has 0 aliphatic rings. The number of fused-ring (bicyclic) bond motifs is 1. The second-order valence-electron chi connectivity index (χ2n) is 8.74. The number of methoxy groups -OCH3 is 2. The van der Waals surface area contributed by atoms with Gasteiger partial charge in [-0.25, -0.2) is 14.5 Å². The SMILES string of the molecule is CC[C@H](COC)n1ccc2nc(-c3ccc(C(C)C)nc3OC)c(C)c(-n3c(O)ccc3O)c21. The summed E-state index contributed by atoms with van der Waals surface area (Å²) in [4.78, 5) is 9.69. The number of hydrogen-bond donors (Lipinski definition) is 2. The van der Waals surface area contributed by atoms with Crippen molar-refractivity contribution in [1.82, 2.24) is 19.1 Å². The van der Waals surface area contributed by atoms with Gasteiger partial charge in [0.2, 0.25) is 5.88 Å². The highest BCUT2D eigenvalue weighted by Crippen LogP contribution is 2.40. The Morgan fingerprint density at radius 1 is 1.00 bits per heavy atom. The second kappa shape index (κ2) is 9.38. The Labute approximate surface area is 199 Å². The summed E-state index contributed by atoms with van der Waals surface area (Å²) in [5.41, 5.74) is 5.30. The highest BCUT2D eigenvalue weighted by molar-refractivity contribution is 5.91. The van der Waals surface area contributed by atoms with Crippen LogP contribution in [0.15, 0.2) is 36.5 Å². The van der Waals surface area contributed by atoms with Gasteiger partial charge < -0.3 is 24.3 Å². The van der Waals surface area contributed by atoms with E-state index in [4.69, 9.17) is 19.4 Å². The average molecular weight is 465 g/mol. The fourth-order valence-corrected chi connectivity index (χ4v) is 4.45. The molecule has 0 fully saturated rings. The molecule has 4 aromatic rings. The van der Waals surface area contributed by atoms with Gasteiger partial charge in [0.15, 0.2) is 11.8 Å². The molecule has 0 saturated carbocycles. The summed E-state index contributed by atoms with van der Waals surface area (Å²) in [7, 11) is 3.28. The van der Waals surface area contributed by atoms with E-state index in [2.05, 4.69) is 25.3 Å².